The normalized spacial score (nSPS) is 39.0. The van der Waals surface area contributed by atoms with E-state index in [-0.39, 0.29) is 6.42 Å². The lowest BCUT2D eigenvalue weighted by molar-refractivity contribution is -0.322. The van der Waals surface area contributed by atoms with E-state index in [4.69, 9.17) is 9.47 Å². The van der Waals surface area contributed by atoms with Crippen molar-refractivity contribution >= 4 is 11.9 Å². The third-order valence-corrected chi connectivity index (χ3v) is 7.30. The zero-order valence-electron chi connectivity index (χ0n) is 15.9. The van der Waals surface area contributed by atoms with Crippen molar-refractivity contribution in [2.75, 3.05) is 0 Å². The van der Waals surface area contributed by atoms with Gasteiger partial charge in [0.2, 0.25) is 0 Å². The van der Waals surface area contributed by atoms with Gasteiger partial charge in [0.15, 0.2) is 0 Å². The molecule has 6 nitrogen and oxygen atoms in total. The van der Waals surface area contributed by atoms with Crippen molar-refractivity contribution in [3.63, 3.8) is 0 Å². The molecule has 6 heteroatoms. The number of carboxylic acids is 2. The molecule has 2 saturated carbocycles. The van der Waals surface area contributed by atoms with Gasteiger partial charge in [-0.3, -0.25) is 0 Å². The molecule has 0 aromatic rings. The summed E-state index contributed by atoms with van der Waals surface area (Å²) in [6, 6.07) is 0. The van der Waals surface area contributed by atoms with Crippen molar-refractivity contribution in [2.24, 2.45) is 17.3 Å². The van der Waals surface area contributed by atoms with Gasteiger partial charge in [0.05, 0.1) is 24.4 Å². The molecule has 4 fully saturated rings. The molecule has 0 N–H and O–H groups in total. The molecule has 2 saturated heterocycles. The van der Waals surface area contributed by atoms with E-state index < -0.39 is 17.4 Å². The smallest absolute Gasteiger partial charge is 0.0844 e. The Kier molecular flexibility index (Phi) is 5.48. The Morgan fingerprint density at radius 2 is 1.37 bits per heavy atom. The van der Waals surface area contributed by atoms with Crippen molar-refractivity contribution in [3.8, 4) is 0 Å². The first kappa shape index (κ1) is 19.2. The quantitative estimate of drug-likeness (QED) is 0.414. The molecule has 0 amide bonds. The van der Waals surface area contributed by atoms with Crippen molar-refractivity contribution in [1.29, 1.82) is 0 Å². The molecule has 2 heterocycles. The highest BCUT2D eigenvalue weighted by Gasteiger charge is 2.48. The van der Waals surface area contributed by atoms with Crippen LogP contribution in [0, 0.1) is 17.3 Å². The molecular formula is C21H30O6-2. The van der Waals surface area contributed by atoms with Gasteiger partial charge < -0.3 is 29.3 Å². The monoisotopic (exact) mass is 378 g/mol. The summed E-state index contributed by atoms with van der Waals surface area (Å²) in [6.45, 7) is 0. The molecule has 6 atom stereocenters. The first-order valence-electron chi connectivity index (χ1n) is 10.7. The van der Waals surface area contributed by atoms with Crippen LogP contribution in [0.25, 0.3) is 0 Å². The molecular weight excluding hydrogens is 348 g/mol. The van der Waals surface area contributed by atoms with Gasteiger partial charge in [-0.25, -0.2) is 0 Å². The number of unbranched alkanes of at least 4 members (excludes halogenated alkanes) is 1. The minimum atomic E-state index is -1.07. The number of hydrogen-bond acceptors (Lipinski definition) is 6. The molecule has 0 spiro atoms. The predicted octanol–water partition coefficient (Wildman–Crippen LogP) is 0.948. The Balaban J connectivity index is 1.42. The summed E-state index contributed by atoms with van der Waals surface area (Å²) in [5.41, 5.74) is -0.856. The Labute approximate surface area is 160 Å². The average Bonchev–Trinajstić information content (AvgIpc) is 3.51. The predicted molar refractivity (Wildman–Crippen MR) is 92.2 cm³/mol. The summed E-state index contributed by atoms with van der Waals surface area (Å²) in [5.74, 6) is -1.29. The summed E-state index contributed by atoms with van der Waals surface area (Å²) in [7, 11) is 0. The number of carboxylic acid groups (broad SMARTS) is 2. The minimum absolute atomic E-state index is 0.00876. The van der Waals surface area contributed by atoms with Gasteiger partial charge in [0, 0.05) is 17.4 Å². The number of fused-ring (bicyclic) bond motifs is 2. The van der Waals surface area contributed by atoms with Gasteiger partial charge >= 0.3 is 0 Å². The Morgan fingerprint density at radius 1 is 0.815 bits per heavy atom. The van der Waals surface area contributed by atoms with Crippen LogP contribution in [0.3, 0.4) is 0 Å². The minimum Gasteiger partial charge on any atom is -0.550 e. The average molecular weight is 378 g/mol. The molecule has 2 aliphatic heterocycles. The molecule has 0 aromatic heterocycles. The standard InChI is InChI=1S/C21H32O6/c22-19(23)3-1-2-8-21(20(24)25,11-13-4-6-15-17(9-13)26-15)12-14-5-7-16-18(10-14)27-16/h13-18H,1-12H2,(H,22,23)(H,24,25)/p-2. The van der Waals surface area contributed by atoms with Gasteiger partial charge in [-0.15, -0.1) is 0 Å². The Bertz CT molecular complexity index is 545. The van der Waals surface area contributed by atoms with Gasteiger partial charge in [0.25, 0.3) is 0 Å². The van der Waals surface area contributed by atoms with Gasteiger partial charge in [-0.05, 0) is 82.5 Å². The number of epoxide rings is 2. The molecule has 27 heavy (non-hydrogen) atoms. The number of ether oxygens (including phenoxy) is 2. The lowest BCUT2D eigenvalue weighted by Gasteiger charge is -2.41. The summed E-state index contributed by atoms with van der Waals surface area (Å²) in [6.07, 6.45) is 10.3. The molecule has 0 aromatic carbocycles. The maximum absolute atomic E-state index is 12.4. The zero-order chi connectivity index (χ0) is 19.0. The number of carbonyl (C=O) groups is 2. The van der Waals surface area contributed by atoms with Crippen molar-refractivity contribution in [2.45, 2.75) is 101 Å². The highest BCUT2D eigenvalue weighted by Crippen LogP contribution is 2.50. The zero-order valence-corrected chi connectivity index (χ0v) is 15.9. The van der Waals surface area contributed by atoms with Crippen LogP contribution in [0.15, 0.2) is 0 Å². The van der Waals surface area contributed by atoms with Gasteiger partial charge in [0.1, 0.15) is 0 Å². The molecule has 0 radical (unpaired) electrons. The summed E-state index contributed by atoms with van der Waals surface area (Å²) < 4.78 is 11.3. The second-order valence-electron chi connectivity index (χ2n) is 9.34. The second kappa shape index (κ2) is 7.70. The molecule has 4 rings (SSSR count). The lowest BCUT2D eigenvalue weighted by Crippen LogP contribution is -2.45. The number of carbonyl (C=O) groups excluding carboxylic acids is 2. The van der Waals surface area contributed by atoms with E-state index in [9.17, 15) is 19.8 Å². The third-order valence-electron chi connectivity index (χ3n) is 7.30. The first-order chi connectivity index (χ1) is 12.9. The molecule has 0 bridgehead atoms. The largest absolute Gasteiger partial charge is 0.550 e. The fourth-order valence-corrected chi connectivity index (χ4v) is 5.74. The highest BCUT2D eigenvalue weighted by molar-refractivity contribution is 5.72. The third kappa shape index (κ3) is 4.65. The maximum atomic E-state index is 12.4. The van der Waals surface area contributed by atoms with E-state index in [1.54, 1.807) is 0 Å². The first-order valence-corrected chi connectivity index (χ1v) is 10.7. The van der Waals surface area contributed by atoms with E-state index in [0.29, 0.717) is 68.4 Å². The lowest BCUT2D eigenvalue weighted by atomic mass is 9.66. The van der Waals surface area contributed by atoms with Crippen LogP contribution >= 0.6 is 0 Å². The van der Waals surface area contributed by atoms with Crippen LogP contribution < -0.4 is 10.2 Å². The van der Waals surface area contributed by atoms with E-state index in [1.807, 2.05) is 0 Å². The van der Waals surface area contributed by atoms with E-state index in [0.717, 1.165) is 38.5 Å². The van der Waals surface area contributed by atoms with Crippen LogP contribution in [-0.4, -0.2) is 36.4 Å². The van der Waals surface area contributed by atoms with E-state index in [1.165, 1.54) is 0 Å². The number of rotatable bonds is 10. The van der Waals surface area contributed by atoms with Crippen LogP contribution in [0.1, 0.15) is 77.0 Å². The van der Waals surface area contributed by atoms with Crippen LogP contribution in [0.4, 0.5) is 0 Å². The summed E-state index contributed by atoms with van der Waals surface area (Å²) in [4.78, 5) is 23.1. The van der Waals surface area contributed by atoms with E-state index >= 15 is 0 Å². The summed E-state index contributed by atoms with van der Waals surface area (Å²) >= 11 is 0. The van der Waals surface area contributed by atoms with E-state index in [2.05, 4.69) is 0 Å². The van der Waals surface area contributed by atoms with Crippen LogP contribution in [0.5, 0.6) is 0 Å². The molecule has 4 aliphatic rings. The van der Waals surface area contributed by atoms with Crippen molar-refractivity contribution in [3.05, 3.63) is 0 Å². The maximum Gasteiger partial charge on any atom is 0.0844 e. The Morgan fingerprint density at radius 3 is 1.81 bits per heavy atom. The van der Waals surface area contributed by atoms with Crippen molar-refractivity contribution in [1.82, 2.24) is 0 Å². The number of aliphatic carboxylic acids is 2. The molecule has 152 valence electrons. The number of hydrogen-bond donors (Lipinski definition) is 0. The Hall–Kier alpha value is -1.14. The fourth-order valence-electron chi connectivity index (χ4n) is 5.74. The molecule has 2 aliphatic carbocycles. The van der Waals surface area contributed by atoms with Crippen LogP contribution in [-0.2, 0) is 19.1 Å². The topological polar surface area (TPSA) is 105 Å². The highest BCUT2D eigenvalue weighted by atomic mass is 16.6. The second-order valence-corrected chi connectivity index (χ2v) is 9.34. The van der Waals surface area contributed by atoms with Gasteiger partial charge in [-0.1, -0.05) is 6.42 Å². The summed E-state index contributed by atoms with van der Waals surface area (Å²) in [5, 5.41) is 23.1. The SMILES string of the molecule is O=C([O-])CCCCC(CC1CCC2OC2C1)(CC1CCC2OC2C1)C(=O)[O-]. The molecule has 6 unspecified atom stereocenters. The fraction of sp³-hybridized carbons (Fsp3) is 0.905. The van der Waals surface area contributed by atoms with Crippen molar-refractivity contribution < 1.29 is 29.3 Å². The van der Waals surface area contributed by atoms with Gasteiger partial charge in [-0.2, -0.15) is 0 Å². The van der Waals surface area contributed by atoms with Crippen LogP contribution in [0.2, 0.25) is 0 Å².